The number of methoxy groups -OCH3 is 1. The summed E-state index contributed by atoms with van der Waals surface area (Å²) >= 11 is 12.3. The van der Waals surface area contributed by atoms with E-state index in [1.165, 1.54) is 0 Å². The van der Waals surface area contributed by atoms with Crippen molar-refractivity contribution in [2.45, 2.75) is 27.2 Å². The van der Waals surface area contributed by atoms with Crippen LogP contribution in [0.25, 0.3) is 0 Å². The Labute approximate surface area is 117 Å². The number of hydrogen-bond acceptors (Lipinski definition) is 2. The van der Waals surface area contributed by atoms with Gasteiger partial charge in [-0.05, 0) is 24.0 Å². The number of ether oxygens (including phenoxy) is 1. The number of fused-ring (bicyclic) bond motifs is 1. The molecule has 4 heteroatoms. The molecule has 0 saturated carbocycles. The van der Waals surface area contributed by atoms with Crippen molar-refractivity contribution >= 4 is 29.0 Å². The highest BCUT2D eigenvalue weighted by Gasteiger charge is 2.45. The summed E-state index contributed by atoms with van der Waals surface area (Å²) in [6.45, 7) is 6.09. The van der Waals surface area contributed by atoms with Crippen LogP contribution in [0.5, 0.6) is 5.75 Å². The van der Waals surface area contributed by atoms with Crippen molar-refractivity contribution in [3.8, 4) is 5.75 Å². The normalized spacial score (nSPS) is 22.5. The van der Waals surface area contributed by atoms with E-state index in [0.717, 1.165) is 5.56 Å². The van der Waals surface area contributed by atoms with E-state index >= 15 is 0 Å². The van der Waals surface area contributed by atoms with Gasteiger partial charge in [0, 0.05) is 11.0 Å². The van der Waals surface area contributed by atoms with Crippen molar-refractivity contribution in [2.24, 2.45) is 11.3 Å². The standard InChI is InChI=1S/C14H16Cl2O2/c1-7(2)14(3)6-8-5-9(18-4)11(15)12(16)10(8)13(14)17/h5,7H,6H2,1-4H3/t14-/m1/s1. The van der Waals surface area contributed by atoms with Crippen molar-refractivity contribution in [3.05, 3.63) is 27.2 Å². The summed E-state index contributed by atoms with van der Waals surface area (Å²) in [5.41, 5.74) is 1.10. The van der Waals surface area contributed by atoms with Gasteiger partial charge in [0.1, 0.15) is 10.8 Å². The molecule has 1 aliphatic carbocycles. The van der Waals surface area contributed by atoms with Crippen molar-refractivity contribution in [1.82, 2.24) is 0 Å². The molecule has 18 heavy (non-hydrogen) atoms. The van der Waals surface area contributed by atoms with Crippen LogP contribution in [-0.4, -0.2) is 12.9 Å². The van der Waals surface area contributed by atoms with Gasteiger partial charge in [0.15, 0.2) is 5.78 Å². The van der Waals surface area contributed by atoms with Crippen LogP contribution in [0.4, 0.5) is 0 Å². The molecule has 1 aromatic rings. The highest BCUT2D eigenvalue weighted by molar-refractivity contribution is 6.45. The largest absolute Gasteiger partial charge is 0.495 e. The molecular weight excluding hydrogens is 271 g/mol. The summed E-state index contributed by atoms with van der Waals surface area (Å²) in [5.74, 6) is 0.863. The molecule has 1 atom stereocenters. The number of halogens is 2. The Hall–Kier alpha value is -0.730. The Morgan fingerprint density at radius 1 is 1.33 bits per heavy atom. The van der Waals surface area contributed by atoms with Crippen LogP contribution in [-0.2, 0) is 6.42 Å². The molecule has 0 N–H and O–H groups in total. The van der Waals surface area contributed by atoms with E-state index in [9.17, 15) is 4.79 Å². The molecule has 0 unspecified atom stereocenters. The van der Waals surface area contributed by atoms with Crippen LogP contribution >= 0.6 is 23.2 Å². The van der Waals surface area contributed by atoms with E-state index in [-0.39, 0.29) is 11.7 Å². The lowest BCUT2D eigenvalue weighted by Gasteiger charge is -2.26. The van der Waals surface area contributed by atoms with Crippen molar-refractivity contribution in [1.29, 1.82) is 0 Å². The number of ketones is 1. The fraction of sp³-hybridized carbons (Fsp3) is 0.500. The second kappa shape index (κ2) is 4.43. The lowest BCUT2D eigenvalue weighted by atomic mass is 9.76. The van der Waals surface area contributed by atoms with Gasteiger partial charge in [0.2, 0.25) is 0 Å². The third kappa shape index (κ3) is 1.74. The molecule has 0 spiro atoms. The number of carbonyl (C=O) groups is 1. The molecule has 0 aromatic heterocycles. The first-order chi connectivity index (χ1) is 8.32. The van der Waals surface area contributed by atoms with Crippen molar-refractivity contribution in [2.75, 3.05) is 7.11 Å². The summed E-state index contributed by atoms with van der Waals surface area (Å²) < 4.78 is 5.19. The van der Waals surface area contributed by atoms with E-state index in [0.29, 0.717) is 27.8 Å². The smallest absolute Gasteiger partial charge is 0.171 e. The zero-order chi connectivity index (χ0) is 13.7. The number of benzene rings is 1. The van der Waals surface area contributed by atoms with Gasteiger partial charge in [-0.25, -0.2) is 0 Å². The van der Waals surface area contributed by atoms with Crippen LogP contribution < -0.4 is 4.74 Å². The summed E-state index contributed by atoms with van der Waals surface area (Å²) in [4.78, 5) is 12.5. The molecule has 0 radical (unpaired) electrons. The van der Waals surface area contributed by atoms with Gasteiger partial charge in [-0.1, -0.05) is 44.0 Å². The topological polar surface area (TPSA) is 26.3 Å². The van der Waals surface area contributed by atoms with Gasteiger partial charge < -0.3 is 4.74 Å². The van der Waals surface area contributed by atoms with Crippen molar-refractivity contribution in [3.63, 3.8) is 0 Å². The van der Waals surface area contributed by atoms with Crippen LogP contribution in [0.1, 0.15) is 36.7 Å². The van der Waals surface area contributed by atoms with Gasteiger partial charge in [-0.15, -0.1) is 0 Å². The summed E-state index contributed by atoms with van der Waals surface area (Å²) in [6, 6.07) is 1.83. The number of hydrogen-bond donors (Lipinski definition) is 0. The monoisotopic (exact) mass is 286 g/mol. The molecule has 1 aromatic carbocycles. The van der Waals surface area contributed by atoms with Crippen LogP contribution in [0.2, 0.25) is 10.0 Å². The molecule has 2 rings (SSSR count). The highest BCUT2D eigenvalue weighted by atomic mass is 35.5. The Morgan fingerprint density at radius 2 is 1.94 bits per heavy atom. The molecule has 0 fully saturated rings. The maximum Gasteiger partial charge on any atom is 0.171 e. The van der Waals surface area contributed by atoms with E-state index in [1.54, 1.807) is 7.11 Å². The van der Waals surface area contributed by atoms with Crippen LogP contribution in [0, 0.1) is 11.3 Å². The van der Waals surface area contributed by atoms with Gasteiger partial charge in [-0.3, -0.25) is 4.79 Å². The fourth-order valence-electron chi connectivity index (χ4n) is 2.41. The molecule has 0 aliphatic heterocycles. The van der Waals surface area contributed by atoms with Gasteiger partial charge in [0.25, 0.3) is 0 Å². The molecule has 0 heterocycles. The van der Waals surface area contributed by atoms with E-state index in [2.05, 4.69) is 13.8 Å². The minimum atomic E-state index is -0.401. The SMILES string of the molecule is COc1cc2c(c(Cl)c1Cl)C(=O)[C@@](C)(C(C)C)C2. The predicted molar refractivity (Wildman–Crippen MR) is 74.0 cm³/mol. The minimum Gasteiger partial charge on any atom is -0.495 e. The maximum absolute atomic E-state index is 12.5. The number of Topliss-reactive ketones (excluding diaryl/α,β-unsaturated/α-hetero) is 1. The Balaban J connectivity index is 2.63. The van der Waals surface area contributed by atoms with Crippen LogP contribution in [0.15, 0.2) is 6.07 Å². The zero-order valence-electron chi connectivity index (χ0n) is 10.9. The number of carbonyl (C=O) groups excluding carboxylic acids is 1. The average molecular weight is 287 g/mol. The first-order valence-corrected chi connectivity index (χ1v) is 6.68. The lowest BCUT2D eigenvalue weighted by molar-refractivity contribution is 0.0772. The van der Waals surface area contributed by atoms with Crippen molar-refractivity contribution < 1.29 is 9.53 Å². The van der Waals surface area contributed by atoms with Crippen LogP contribution in [0.3, 0.4) is 0 Å². The molecule has 1 aliphatic rings. The molecule has 0 bridgehead atoms. The first-order valence-electron chi connectivity index (χ1n) is 5.92. The molecule has 98 valence electrons. The van der Waals surface area contributed by atoms with E-state index in [1.807, 2.05) is 13.0 Å². The molecular formula is C14H16Cl2O2. The Bertz CT molecular complexity index is 523. The highest BCUT2D eigenvalue weighted by Crippen LogP contribution is 2.48. The number of rotatable bonds is 2. The quantitative estimate of drug-likeness (QED) is 0.805. The Kier molecular flexibility index (Phi) is 3.37. The second-order valence-electron chi connectivity index (χ2n) is 5.32. The third-order valence-corrected chi connectivity index (χ3v) is 4.90. The molecule has 0 amide bonds. The maximum atomic E-state index is 12.5. The molecule has 0 saturated heterocycles. The van der Waals surface area contributed by atoms with Gasteiger partial charge >= 0.3 is 0 Å². The third-order valence-electron chi connectivity index (χ3n) is 4.05. The molecule has 2 nitrogen and oxygen atoms in total. The summed E-state index contributed by atoms with van der Waals surface area (Å²) in [6.07, 6.45) is 0.687. The second-order valence-corrected chi connectivity index (χ2v) is 6.07. The zero-order valence-corrected chi connectivity index (χ0v) is 12.4. The van der Waals surface area contributed by atoms with Gasteiger partial charge in [-0.2, -0.15) is 0 Å². The van der Waals surface area contributed by atoms with E-state index < -0.39 is 5.41 Å². The summed E-state index contributed by atoms with van der Waals surface area (Å²) in [7, 11) is 1.54. The van der Waals surface area contributed by atoms with E-state index in [4.69, 9.17) is 27.9 Å². The van der Waals surface area contributed by atoms with Gasteiger partial charge in [0.05, 0.1) is 12.1 Å². The summed E-state index contributed by atoms with van der Waals surface area (Å²) in [5, 5.41) is 0.639. The average Bonchev–Trinajstić information content (AvgIpc) is 2.58. The fourth-order valence-corrected chi connectivity index (χ4v) is 2.94. The predicted octanol–water partition coefficient (Wildman–Crippen LogP) is 4.40. The lowest BCUT2D eigenvalue weighted by Crippen LogP contribution is -2.30. The Morgan fingerprint density at radius 3 is 2.44 bits per heavy atom. The first kappa shape index (κ1) is 13.7. The minimum absolute atomic E-state index is 0.0852.